The van der Waals surface area contributed by atoms with E-state index >= 15 is 0 Å². The van der Waals surface area contributed by atoms with Crippen LogP contribution in [0.2, 0.25) is 5.02 Å². The highest BCUT2D eigenvalue weighted by Gasteiger charge is 2.35. The zero-order chi connectivity index (χ0) is 29.0. The van der Waals surface area contributed by atoms with Crippen LogP contribution in [0.1, 0.15) is 34.6 Å². The molecule has 1 aromatic heterocycles. The third kappa shape index (κ3) is 6.44. The molecule has 10 nitrogen and oxygen atoms in total. The third-order valence-electron chi connectivity index (χ3n) is 6.82. The summed E-state index contributed by atoms with van der Waals surface area (Å²) in [5, 5.41) is 13.1. The highest BCUT2D eigenvalue weighted by atomic mass is 35.5. The molecule has 4 rings (SSSR count). The fourth-order valence-electron chi connectivity index (χ4n) is 4.36. The van der Waals surface area contributed by atoms with E-state index in [0.29, 0.717) is 16.3 Å². The molecule has 12 heteroatoms. The monoisotopic (exact) mass is 586 g/mol. The second-order valence-electron chi connectivity index (χ2n) is 9.76. The molecule has 212 valence electrons. The van der Waals surface area contributed by atoms with Gasteiger partial charge in [0.2, 0.25) is 10.0 Å². The number of carbonyl (C=O) groups excluding carboxylic acids is 2. The molecule has 40 heavy (non-hydrogen) atoms. The number of ether oxygens (including phenoxy) is 1. The van der Waals surface area contributed by atoms with Crippen LogP contribution in [-0.2, 0) is 10.0 Å². The van der Waals surface area contributed by atoms with Crippen molar-refractivity contribution in [1.29, 1.82) is 0 Å². The van der Waals surface area contributed by atoms with E-state index in [-0.39, 0.29) is 53.6 Å². The maximum atomic E-state index is 13.6. The number of rotatable bonds is 8. The Morgan fingerprint density at radius 3 is 2.52 bits per heavy atom. The number of aliphatic hydroxyl groups is 1. The van der Waals surface area contributed by atoms with Gasteiger partial charge < -0.3 is 20.1 Å². The maximum absolute atomic E-state index is 13.6. The molecular formula is C28H31ClN4O6S. The molecule has 3 aromatic rings. The van der Waals surface area contributed by atoms with Crippen LogP contribution in [0.5, 0.6) is 5.75 Å². The van der Waals surface area contributed by atoms with E-state index in [2.05, 4.69) is 10.3 Å². The number of pyridine rings is 1. The normalized spacial score (nSPS) is 18.4. The predicted octanol–water partition coefficient (Wildman–Crippen LogP) is 3.53. The molecule has 0 saturated heterocycles. The van der Waals surface area contributed by atoms with Crippen molar-refractivity contribution in [3.63, 3.8) is 0 Å². The van der Waals surface area contributed by atoms with Crippen LogP contribution in [0.15, 0.2) is 71.9 Å². The van der Waals surface area contributed by atoms with Gasteiger partial charge in [0.1, 0.15) is 11.9 Å². The number of nitrogens with zero attached hydrogens (tertiary/aromatic N) is 3. The summed E-state index contributed by atoms with van der Waals surface area (Å²) in [4.78, 5) is 31.9. The topological polar surface area (TPSA) is 129 Å². The van der Waals surface area contributed by atoms with Crippen molar-refractivity contribution in [2.45, 2.75) is 30.9 Å². The van der Waals surface area contributed by atoms with Crippen molar-refractivity contribution in [2.75, 3.05) is 32.1 Å². The van der Waals surface area contributed by atoms with Crippen LogP contribution in [0.3, 0.4) is 0 Å². The molecule has 0 radical (unpaired) electrons. The number of sulfonamides is 1. The number of benzene rings is 2. The molecule has 0 unspecified atom stereocenters. The third-order valence-corrected chi connectivity index (χ3v) is 8.91. The fourth-order valence-corrected chi connectivity index (χ4v) is 5.67. The number of amides is 2. The Kier molecular flexibility index (Phi) is 9.09. The van der Waals surface area contributed by atoms with Crippen LogP contribution in [0, 0.1) is 5.92 Å². The first-order valence-electron chi connectivity index (χ1n) is 12.7. The van der Waals surface area contributed by atoms with Crippen LogP contribution >= 0.6 is 11.6 Å². The van der Waals surface area contributed by atoms with Gasteiger partial charge in [-0.1, -0.05) is 18.5 Å². The summed E-state index contributed by atoms with van der Waals surface area (Å²) in [6.07, 6.45) is 2.38. The molecule has 2 amide bonds. The zero-order valence-electron chi connectivity index (χ0n) is 22.3. The van der Waals surface area contributed by atoms with Crippen LogP contribution in [0.4, 0.5) is 5.69 Å². The Balaban J connectivity index is 1.65. The Hall–Kier alpha value is -3.51. The number of anilines is 1. The Bertz CT molecular complexity index is 1470. The van der Waals surface area contributed by atoms with Gasteiger partial charge in [0.25, 0.3) is 11.8 Å². The first-order valence-corrected chi connectivity index (χ1v) is 14.5. The number of fused-ring (bicyclic) bond motifs is 1. The van der Waals surface area contributed by atoms with E-state index in [1.165, 1.54) is 54.1 Å². The molecule has 2 N–H and O–H groups in total. The lowest BCUT2D eigenvalue weighted by atomic mass is 9.99. The summed E-state index contributed by atoms with van der Waals surface area (Å²) in [6.45, 7) is 3.55. The summed E-state index contributed by atoms with van der Waals surface area (Å²) in [6, 6.07) is 13.3. The average molecular weight is 587 g/mol. The molecular weight excluding hydrogens is 556 g/mol. The predicted molar refractivity (Wildman–Crippen MR) is 151 cm³/mol. The number of carbonyl (C=O) groups is 2. The molecule has 0 saturated carbocycles. The highest BCUT2D eigenvalue weighted by molar-refractivity contribution is 7.89. The minimum Gasteiger partial charge on any atom is -0.488 e. The number of likely N-dealkylation sites (N-methyl/N-ethyl adjacent to an activating group) is 1. The Morgan fingerprint density at radius 2 is 1.88 bits per heavy atom. The molecule has 0 fully saturated rings. The molecule has 0 bridgehead atoms. The second-order valence-corrected chi connectivity index (χ2v) is 12.2. The average Bonchev–Trinajstić information content (AvgIpc) is 2.95. The van der Waals surface area contributed by atoms with E-state index in [1.807, 2.05) is 6.92 Å². The zero-order valence-corrected chi connectivity index (χ0v) is 23.9. The van der Waals surface area contributed by atoms with Gasteiger partial charge in [-0.2, -0.15) is 4.31 Å². The summed E-state index contributed by atoms with van der Waals surface area (Å²) in [5.41, 5.74) is 0.966. The minimum atomic E-state index is -3.85. The number of aromatic nitrogens is 1. The standard InChI is InChI=1S/C28H31ClN4O6S/c1-18-15-33(19(2)17-34)28(36)24-14-22(31-27(35)20-10-12-30-13-11-20)6-9-25(24)39-26(18)16-32(3)40(37,38)23-7-4-21(29)5-8-23/h4-14,18-19,26,34H,15-17H2,1-3H3,(H,31,35)/t18-,19+,26-/m1/s1. The first kappa shape index (κ1) is 29.5. The molecule has 2 heterocycles. The highest BCUT2D eigenvalue weighted by Crippen LogP contribution is 2.31. The fraction of sp³-hybridized carbons (Fsp3) is 0.321. The molecule has 1 aliphatic heterocycles. The summed E-state index contributed by atoms with van der Waals surface area (Å²) in [5.74, 6) is -0.789. The summed E-state index contributed by atoms with van der Waals surface area (Å²) >= 11 is 5.93. The van der Waals surface area contributed by atoms with E-state index in [4.69, 9.17) is 16.3 Å². The van der Waals surface area contributed by atoms with E-state index in [9.17, 15) is 23.1 Å². The second kappa shape index (κ2) is 12.3. The van der Waals surface area contributed by atoms with E-state index in [0.717, 1.165) is 0 Å². The van der Waals surface area contributed by atoms with Crippen molar-refractivity contribution in [1.82, 2.24) is 14.2 Å². The van der Waals surface area contributed by atoms with Gasteiger partial charge in [-0.25, -0.2) is 8.42 Å². The summed E-state index contributed by atoms with van der Waals surface area (Å²) in [7, 11) is -2.38. The first-order chi connectivity index (χ1) is 19.0. The van der Waals surface area contributed by atoms with Gasteiger partial charge in [0.15, 0.2) is 0 Å². The molecule has 1 aliphatic rings. The van der Waals surface area contributed by atoms with Crippen LogP contribution < -0.4 is 10.1 Å². The van der Waals surface area contributed by atoms with Gasteiger partial charge in [-0.3, -0.25) is 14.6 Å². The van der Waals surface area contributed by atoms with Crippen molar-refractivity contribution in [3.8, 4) is 5.75 Å². The molecule has 2 aromatic carbocycles. The number of hydrogen-bond donors (Lipinski definition) is 2. The largest absolute Gasteiger partial charge is 0.488 e. The van der Waals surface area contributed by atoms with Gasteiger partial charge in [0, 0.05) is 48.2 Å². The quantitative estimate of drug-likeness (QED) is 0.413. The molecule has 0 aliphatic carbocycles. The van der Waals surface area contributed by atoms with Gasteiger partial charge in [0.05, 0.1) is 29.7 Å². The number of halogens is 1. The van der Waals surface area contributed by atoms with Gasteiger partial charge in [-0.05, 0) is 61.5 Å². The number of aliphatic hydroxyl groups excluding tert-OH is 1. The molecule has 3 atom stereocenters. The lowest BCUT2D eigenvalue weighted by molar-refractivity contribution is 0.0387. The lowest BCUT2D eigenvalue weighted by Gasteiger charge is -2.38. The smallest absolute Gasteiger partial charge is 0.258 e. The number of hydrogen-bond acceptors (Lipinski definition) is 7. The Labute approximate surface area is 238 Å². The van der Waals surface area contributed by atoms with Crippen molar-refractivity contribution in [3.05, 3.63) is 83.1 Å². The Morgan fingerprint density at radius 1 is 1.20 bits per heavy atom. The van der Waals surface area contributed by atoms with E-state index in [1.54, 1.807) is 36.1 Å². The lowest BCUT2D eigenvalue weighted by Crippen LogP contribution is -2.50. The van der Waals surface area contributed by atoms with Crippen LogP contribution in [0.25, 0.3) is 0 Å². The van der Waals surface area contributed by atoms with Gasteiger partial charge >= 0.3 is 0 Å². The van der Waals surface area contributed by atoms with Crippen molar-refractivity contribution in [2.24, 2.45) is 5.92 Å². The molecule has 0 spiro atoms. The SMILES string of the molecule is C[C@@H]1CN([C@@H](C)CO)C(=O)c2cc(NC(=O)c3ccncc3)ccc2O[C@@H]1CN(C)S(=O)(=O)c1ccc(Cl)cc1. The van der Waals surface area contributed by atoms with Crippen LogP contribution in [-0.4, -0.2) is 78.4 Å². The van der Waals surface area contributed by atoms with Crippen molar-refractivity contribution >= 4 is 39.1 Å². The van der Waals surface area contributed by atoms with Gasteiger partial charge in [-0.15, -0.1) is 0 Å². The van der Waals surface area contributed by atoms with E-state index < -0.39 is 22.2 Å². The minimum absolute atomic E-state index is 0.00162. The van der Waals surface area contributed by atoms with Crippen molar-refractivity contribution < 1.29 is 27.9 Å². The summed E-state index contributed by atoms with van der Waals surface area (Å²) < 4.78 is 34.0. The maximum Gasteiger partial charge on any atom is 0.258 e. The number of nitrogens with one attached hydrogen (secondary N) is 1.